The fourth-order valence-electron chi connectivity index (χ4n) is 0. The summed E-state index contributed by atoms with van der Waals surface area (Å²) in [6.45, 7) is 2.74. The fraction of sp³-hybridized carbons (Fsp3) is 0. The smallest absolute Gasteiger partial charge is 0.808 e. The van der Waals surface area contributed by atoms with Crippen LogP contribution in [0.3, 0.4) is 0 Å². The van der Waals surface area contributed by atoms with E-state index in [1.807, 2.05) is 0 Å². The van der Waals surface area contributed by atoms with Gasteiger partial charge in [0.2, 0.25) is 0 Å². The van der Waals surface area contributed by atoms with Crippen molar-refractivity contribution in [2.45, 2.75) is 0 Å². The third kappa shape index (κ3) is 10.7. The zero-order valence-electron chi connectivity index (χ0n) is 4.96. The first-order valence-corrected chi connectivity index (χ1v) is 2.83. The summed E-state index contributed by atoms with van der Waals surface area (Å²) in [6, 6.07) is 0. The third-order valence-electron chi connectivity index (χ3n) is 0.224. The Morgan fingerprint density at radius 3 is 1.86 bits per heavy atom. The summed E-state index contributed by atoms with van der Waals surface area (Å²) in [5.74, 6) is 0.382. The predicted molar refractivity (Wildman–Crippen MR) is 18.9 cm³/mol. The van der Waals surface area contributed by atoms with Crippen LogP contribution in [0, 0.1) is 0 Å². The molecular weight excluding hydrogens is 110 g/mol. The molecule has 3 nitrogen and oxygen atoms in total. The molecule has 0 unspecified atom stereocenters. The monoisotopic (exact) mass is 114 g/mol. The van der Waals surface area contributed by atoms with E-state index in [9.17, 15) is 14.4 Å². The molecule has 0 aliphatic heterocycles. The summed E-state index contributed by atoms with van der Waals surface area (Å²) in [7, 11) is -4.38. The quantitative estimate of drug-likeness (QED) is 0.259. The summed E-state index contributed by atoms with van der Waals surface area (Å²) >= 11 is 0. The largest absolute Gasteiger partial charge is 1.00 e. The van der Waals surface area contributed by atoms with E-state index in [-0.39, 0.29) is 20.3 Å². The zero-order chi connectivity index (χ0) is 5.21. The van der Waals surface area contributed by atoms with Crippen molar-refractivity contribution >= 4 is 7.60 Å². The SMILES string of the molecule is C=CP(=O)([O-])[O-].[H+].[Li+]. The summed E-state index contributed by atoms with van der Waals surface area (Å²) in [4.78, 5) is 18.7. The van der Waals surface area contributed by atoms with Crippen molar-refractivity contribution in [2.75, 3.05) is 0 Å². The van der Waals surface area contributed by atoms with Gasteiger partial charge in [-0.15, -0.1) is 0 Å². The molecule has 0 amide bonds. The van der Waals surface area contributed by atoms with Gasteiger partial charge in [-0.3, -0.25) is 0 Å². The molecule has 5 heteroatoms. The maximum atomic E-state index is 9.35. The molecular formula is C2H4LiO3P. The topological polar surface area (TPSA) is 63.2 Å². The Morgan fingerprint density at radius 1 is 1.71 bits per heavy atom. The average Bonchev–Trinajstić information content (AvgIpc) is 1.35. The first-order chi connectivity index (χ1) is 2.56. The molecule has 0 bridgehead atoms. The van der Waals surface area contributed by atoms with E-state index < -0.39 is 7.60 Å². The van der Waals surface area contributed by atoms with Crippen molar-refractivity contribution in [2.24, 2.45) is 0 Å². The Kier molecular flexibility index (Phi) is 5.21. The van der Waals surface area contributed by atoms with Gasteiger partial charge >= 0.3 is 20.3 Å². The molecule has 0 spiro atoms. The summed E-state index contributed by atoms with van der Waals surface area (Å²) in [5.41, 5.74) is 0. The van der Waals surface area contributed by atoms with Crippen LogP contribution >= 0.6 is 7.60 Å². The van der Waals surface area contributed by atoms with Gasteiger partial charge in [0.05, 0.1) is 0 Å². The van der Waals surface area contributed by atoms with Gasteiger partial charge in [0.1, 0.15) is 0 Å². The normalized spacial score (nSPS) is 9.43. The minimum absolute atomic E-state index is 0. The van der Waals surface area contributed by atoms with Gasteiger partial charge in [-0.2, -0.15) is 0 Å². The van der Waals surface area contributed by atoms with Crippen molar-refractivity contribution in [1.82, 2.24) is 0 Å². The molecule has 0 fully saturated rings. The minimum atomic E-state index is -4.38. The van der Waals surface area contributed by atoms with Gasteiger partial charge in [-0.1, -0.05) is 12.4 Å². The number of hydrogen-bond donors (Lipinski definition) is 0. The van der Waals surface area contributed by atoms with Crippen LogP contribution in [-0.4, -0.2) is 0 Å². The molecule has 0 aromatic rings. The second-order valence-corrected chi connectivity index (χ2v) is 2.17. The van der Waals surface area contributed by atoms with E-state index in [1.54, 1.807) is 0 Å². The van der Waals surface area contributed by atoms with E-state index in [1.165, 1.54) is 0 Å². The van der Waals surface area contributed by atoms with E-state index in [4.69, 9.17) is 0 Å². The van der Waals surface area contributed by atoms with Crippen LogP contribution in [0.1, 0.15) is 1.43 Å². The van der Waals surface area contributed by atoms with Crippen LogP contribution in [0.5, 0.6) is 0 Å². The van der Waals surface area contributed by atoms with Crippen LogP contribution in [0.2, 0.25) is 0 Å². The van der Waals surface area contributed by atoms with Crippen molar-refractivity contribution in [3.63, 3.8) is 0 Å². The Balaban J connectivity index is -0.000000125. The second kappa shape index (κ2) is 3.48. The predicted octanol–water partition coefficient (Wildman–Crippen LogP) is -3.84. The molecule has 0 heterocycles. The van der Waals surface area contributed by atoms with Crippen LogP contribution in [0.25, 0.3) is 0 Å². The fourth-order valence-corrected chi connectivity index (χ4v) is 0. The summed E-state index contributed by atoms with van der Waals surface area (Å²) < 4.78 is 9.35. The number of hydrogen-bond acceptors (Lipinski definition) is 3. The van der Waals surface area contributed by atoms with Crippen molar-refractivity contribution < 1.29 is 34.6 Å². The standard InChI is InChI=1S/C2H5O3P.Li/c1-2-6(3,4)5;/h2H,1H2,(H2,3,4,5);/q;+1/p-1. The molecule has 0 aliphatic rings. The molecule has 0 saturated heterocycles. The van der Waals surface area contributed by atoms with Gasteiger partial charge in [-0.05, 0) is 7.60 Å². The van der Waals surface area contributed by atoms with Crippen molar-refractivity contribution in [3.05, 3.63) is 12.4 Å². The Hall–Kier alpha value is 0.487. The van der Waals surface area contributed by atoms with Gasteiger partial charge < -0.3 is 14.4 Å². The first kappa shape index (κ1) is 10.5. The average molecular weight is 114 g/mol. The van der Waals surface area contributed by atoms with Gasteiger partial charge in [0, 0.05) is 0 Å². The van der Waals surface area contributed by atoms with Gasteiger partial charge in [-0.25, -0.2) is 0 Å². The molecule has 0 N–H and O–H groups in total. The molecule has 0 rings (SSSR count). The van der Waals surface area contributed by atoms with Gasteiger partial charge in [0.25, 0.3) is 0 Å². The molecule has 7 heavy (non-hydrogen) atoms. The van der Waals surface area contributed by atoms with Crippen LogP contribution in [-0.2, 0) is 4.57 Å². The molecule has 0 atom stereocenters. The van der Waals surface area contributed by atoms with E-state index >= 15 is 0 Å². The van der Waals surface area contributed by atoms with Crippen LogP contribution < -0.4 is 28.6 Å². The van der Waals surface area contributed by atoms with E-state index in [0.29, 0.717) is 5.82 Å². The molecule has 0 radical (unpaired) electrons. The maximum Gasteiger partial charge on any atom is 1.00 e. The maximum absolute atomic E-state index is 9.35. The minimum Gasteiger partial charge on any atom is -0.808 e. The molecule has 0 saturated carbocycles. The molecule has 36 valence electrons. The van der Waals surface area contributed by atoms with Crippen molar-refractivity contribution in [1.29, 1.82) is 0 Å². The zero-order valence-corrected chi connectivity index (χ0v) is 4.85. The summed E-state index contributed by atoms with van der Waals surface area (Å²) in [6.07, 6.45) is 0. The Labute approximate surface area is 55.2 Å². The van der Waals surface area contributed by atoms with Gasteiger partial charge in [0.15, 0.2) is 0 Å². The summed E-state index contributed by atoms with van der Waals surface area (Å²) in [5, 5.41) is 0. The number of rotatable bonds is 1. The molecule has 0 aromatic carbocycles. The van der Waals surface area contributed by atoms with Crippen molar-refractivity contribution in [3.8, 4) is 0 Å². The van der Waals surface area contributed by atoms with E-state index in [2.05, 4.69) is 6.58 Å². The van der Waals surface area contributed by atoms with Crippen LogP contribution in [0.15, 0.2) is 12.4 Å². The Morgan fingerprint density at radius 2 is 1.86 bits per heavy atom. The van der Waals surface area contributed by atoms with Crippen LogP contribution in [0.4, 0.5) is 0 Å². The first-order valence-electron chi connectivity index (χ1n) is 1.21. The molecule has 0 aromatic heterocycles. The Bertz CT molecular complexity index is 99.5. The molecule has 0 aliphatic carbocycles. The second-order valence-electron chi connectivity index (χ2n) is 0.722. The third-order valence-corrected chi connectivity index (χ3v) is 0.671. The van der Waals surface area contributed by atoms with E-state index in [0.717, 1.165) is 0 Å².